The summed E-state index contributed by atoms with van der Waals surface area (Å²) in [5.74, 6) is 0.264. The van der Waals surface area contributed by atoms with Crippen LogP contribution < -0.4 is 5.32 Å². The number of aromatic hydroxyl groups is 1. The summed E-state index contributed by atoms with van der Waals surface area (Å²) in [5, 5.41) is 14.6. The summed E-state index contributed by atoms with van der Waals surface area (Å²) in [4.78, 5) is 3.56. The number of aromatic amines is 1. The Morgan fingerprint density at radius 3 is 2.48 bits per heavy atom. The van der Waals surface area contributed by atoms with Crippen molar-refractivity contribution in [3.63, 3.8) is 0 Å². The van der Waals surface area contributed by atoms with Crippen molar-refractivity contribution in [1.82, 2.24) is 4.98 Å². The van der Waals surface area contributed by atoms with Crippen LogP contribution in [0.15, 0.2) is 72.8 Å². The molecule has 0 aliphatic carbocycles. The Bertz CT molecular complexity index is 1020. The predicted molar refractivity (Wildman–Crippen MR) is 104 cm³/mol. The van der Waals surface area contributed by atoms with Crippen LogP contribution in [0, 0.1) is 6.92 Å². The second-order valence-corrected chi connectivity index (χ2v) is 6.26. The lowest BCUT2D eigenvalue weighted by molar-refractivity contribution is 0.477. The van der Waals surface area contributed by atoms with E-state index in [1.165, 1.54) is 16.5 Å². The van der Waals surface area contributed by atoms with Gasteiger partial charge in [-0.1, -0.05) is 54.1 Å². The van der Waals surface area contributed by atoms with Gasteiger partial charge in [0.25, 0.3) is 0 Å². The molecule has 1 heterocycles. The summed E-state index contributed by atoms with van der Waals surface area (Å²) in [6, 6.07) is 24.1. The third kappa shape index (κ3) is 2.96. The van der Waals surface area contributed by atoms with Gasteiger partial charge in [-0.15, -0.1) is 0 Å². The number of H-pyrrole nitrogens is 1. The lowest BCUT2D eigenvalue weighted by Crippen LogP contribution is -2.00. The quantitative estimate of drug-likeness (QED) is 0.436. The highest BCUT2D eigenvalue weighted by Crippen LogP contribution is 2.32. The molecule has 3 N–H and O–H groups in total. The van der Waals surface area contributed by atoms with Crippen LogP contribution in [0.4, 0.5) is 5.69 Å². The summed E-state index contributed by atoms with van der Waals surface area (Å²) < 4.78 is 0. The Labute approximate surface area is 147 Å². The van der Waals surface area contributed by atoms with Crippen LogP contribution in [0.3, 0.4) is 0 Å². The molecule has 0 saturated carbocycles. The van der Waals surface area contributed by atoms with Gasteiger partial charge in [-0.3, -0.25) is 0 Å². The first-order chi connectivity index (χ1) is 12.2. The van der Waals surface area contributed by atoms with Gasteiger partial charge in [0, 0.05) is 23.0 Å². The van der Waals surface area contributed by atoms with Gasteiger partial charge in [-0.25, -0.2) is 0 Å². The van der Waals surface area contributed by atoms with Gasteiger partial charge in [0.15, 0.2) is 0 Å². The van der Waals surface area contributed by atoms with Crippen LogP contribution in [-0.2, 0) is 6.54 Å². The molecule has 0 aliphatic heterocycles. The lowest BCUT2D eigenvalue weighted by atomic mass is 10.0. The summed E-state index contributed by atoms with van der Waals surface area (Å²) >= 11 is 0. The molecule has 0 aliphatic rings. The molecule has 0 radical (unpaired) electrons. The van der Waals surface area contributed by atoms with Crippen molar-refractivity contribution >= 4 is 16.6 Å². The number of fused-ring (bicyclic) bond motifs is 1. The summed E-state index contributed by atoms with van der Waals surface area (Å²) in [7, 11) is 0. The Balaban J connectivity index is 1.80. The predicted octanol–water partition coefficient (Wildman–Crippen LogP) is 5.46. The Hall–Kier alpha value is -3.20. The highest BCUT2D eigenvalue weighted by atomic mass is 16.3. The van der Waals surface area contributed by atoms with Gasteiger partial charge in [0.05, 0.1) is 11.4 Å². The number of para-hydroxylation sites is 2. The van der Waals surface area contributed by atoms with E-state index in [4.69, 9.17) is 0 Å². The monoisotopic (exact) mass is 328 g/mol. The molecule has 0 amide bonds. The number of aryl methyl sites for hydroxylation is 1. The summed E-state index contributed by atoms with van der Waals surface area (Å²) in [5.41, 5.74) is 6.57. The van der Waals surface area contributed by atoms with Crippen LogP contribution >= 0.6 is 0 Å². The Morgan fingerprint density at radius 1 is 0.920 bits per heavy atom. The highest BCUT2D eigenvalue weighted by molar-refractivity contribution is 5.91. The highest BCUT2D eigenvalue weighted by Gasteiger charge is 2.13. The average molecular weight is 328 g/mol. The molecule has 0 fully saturated rings. The van der Waals surface area contributed by atoms with Crippen LogP contribution in [0.5, 0.6) is 5.75 Å². The fourth-order valence-corrected chi connectivity index (χ4v) is 3.20. The number of phenolic OH excluding ortho intramolecular Hbond substituents is 1. The van der Waals surface area contributed by atoms with Crippen molar-refractivity contribution in [2.45, 2.75) is 13.5 Å². The number of nitrogens with one attached hydrogen (secondary N) is 2. The standard InChI is InChI=1S/C22H20N2O/c1-15-11-12-19-17(13-15)18(14-23-20-9-5-6-10-21(20)25)22(24-19)16-7-3-2-4-8-16/h2-13,23-25H,14H2,1H3. The smallest absolute Gasteiger partial charge is 0.138 e. The third-order valence-electron chi connectivity index (χ3n) is 4.48. The minimum Gasteiger partial charge on any atom is -0.506 e. The topological polar surface area (TPSA) is 48.0 Å². The number of anilines is 1. The maximum absolute atomic E-state index is 10.0. The van der Waals surface area contributed by atoms with Gasteiger partial charge in [0.1, 0.15) is 5.75 Å². The zero-order chi connectivity index (χ0) is 17.2. The van der Waals surface area contributed by atoms with Crippen molar-refractivity contribution in [2.75, 3.05) is 5.32 Å². The second kappa shape index (κ2) is 6.36. The Morgan fingerprint density at radius 2 is 1.68 bits per heavy atom. The molecule has 0 saturated heterocycles. The lowest BCUT2D eigenvalue weighted by Gasteiger charge is -2.10. The molecule has 0 bridgehead atoms. The first kappa shape index (κ1) is 15.3. The zero-order valence-electron chi connectivity index (χ0n) is 14.1. The summed E-state index contributed by atoms with van der Waals surface area (Å²) in [6.07, 6.45) is 0. The van der Waals surface area contributed by atoms with Crippen molar-refractivity contribution in [2.24, 2.45) is 0 Å². The maximum Gasteiger partial charge on any atom is 0.138 e. The van der Waals surface area contributed by atoms with Gasteiger partial charge >= 0.3 is 0 Å². The number of rotatable bonds is 4. The first-order valence-electron chi connectivity index (χ1n) is 8.41. The molecule has 3 aromatic carbocycles. The van der Waals surface area contributed by atoms with E-state index in [1.54, 1.807) is 6.07 Å². The molecule has 124 valence electrons. The zero-order valence-corrected chi connectivity index (χ0v) is 14.1. The van der Waals surface area contributed by atoms with Crippen molar-refractivity contribution in [3.05, 3.63) is 83.9 Å². The van der Waals surface area contributed by atoms with Crippen molar-refractivity contribution in [1.29, 1.82) is 0 Å². The largest absolute Gasteiger partial charge is 0.506 e. The summed E-state index contributed by atoms with van der Waals surface area (Å²) in [6.45, 7) is 2.74. The van der Waals surface area contributed by atoms with E-state index in [9.17, 15) is 5.11 Å². The van der Waals surface area contributed by atoms with E-state index in [1.807, 2.05) is 36.4 Å². The molecule has 0 spiro atoms. The Kier molecular flexibility index (Phi) is 3.90. The molecule has 3 nitrogen and oxygen atoms in total. The minimum absolute atomic E-state index is 0.264. The number of hydrogen-bond donors (Lipinski definition) is 3. The van der Waals surface area contributed by atoms with Gasteiger partial charge in [-0.2, -0.15) is 0 Å². The van der Waals surface area contributed by atoms with E-state index in [0.717, 1.165) is 22.5 Å². The number of phenols is 1. The van der Waals surface area contributed by atoms with E-state index >= 15 is 0 Å². The van der Waals surface area contributed by atoms with Crippen molar-refractivity contribution in [3.8, 4) is 17.0 Å². The van der Waals surface area contributed by atoms with Crippen LogP contribution in [0.2, 0.25) is 0 Å². The number of hydrogen-bond acceptors (Lipinski definition) is 2. The van der Waals surface area contributed by atoms with Gasteiger partial charge < -0.3 is 15.4 Å². The van der Waals surface area contributed by atoms with E-state index in [2.05, 4.69) is 47.6 Å². The number of benzene rings is 3. The molecule has 0 atom stereocenters. The molecule has 3 heteroatoms. The molecular weight excluding hydrogens is 308 g/mol. The van der Waals surface area contributed by atoms with E-state index in [0.29, 0.717) is 6.54 Å². The SMILES string of the molecule is Cc1ccc2[nH]c(-c3ccccc3)c(CNc3ccccc3O)c2c1. The minimum atomic E-state index is 0.264. The van der Waals surface area contributed by atoms with E-state index in [-0.39, 0.29) is 5.75 Å². The first-order valence-corrected chi connectivity index (χ1v) is 8.41. The van der Waals surface area contributed by atoms with Gasteiger partial charge in [-0.05, 0) is 36.8 Å². The van der Waals surface area contributed by atoms with Gasteiger partial charge in [0.2, 0.25) is 0 Å². The van der Waals surface area contributed by atoms with Crippen molar-refractivity contribution < 1.29 is 5.11 Å². The number of aromatic nitrogens is 1. The molecule has 1 aromatic heterocycles. The molecule has 25 heavy (non-hydrogen) atoms. The third-order valence-corrected chi connectivity index (χ3v) is 4.48. The van der Waals surface area contributed by atoms with Crippen LogP contribution in [0.25, 0.3) is 22.2 Å². The van der Waals surface area contributed by atoms with Crippen LogP contribution in [0.1, 0.15) is 11.1 Å². The van der Waals surface area contributed by atoms with E-state index < -0.39 is 0 Å². The van der Waals surface area contributed by atoms with Crippen LogP contribution in [-0.4, -0.2) is 10.1 Å². The molecule has 0 unspecified atom stereocenters. The normalized spacial score (nSPS) is 10.9. The fraction of sp³-hybridized carbons (Fsp3) is 0.0909. The molecule has 4 aromatic rings. The molecular formula is C22H20N2O. The molecule has 4 rings (SSSR count). The fourth-order valence-electron chi connectivity index (χ4n) is 3.20. The maximum atomic E-state index is 10.0. The average Bonchev–Trinajstić information content (AvgIpc) is 2.99. The second-order valence-electron chi connectivity index (χ2n) is 6.26.